The Kier molecular flexibility index (Phi) is 11.4. The fraction of sp³-hybridized carbons (Fsp3) is 0.200. The summed E-state index contributed by atoms with van der Waals surface area (Å²) >= 11 is 0. The molecule has 6 heteroatoms. The number of ether oxygens (including phenoxy) is 1. The van der Waals surface area contributed by atoms with Crippen LogP contribution < -0.4 is 34.7 Å². The molecular formula is C10H11NaO5. The molecule has 0 aliphatic rings. The van der Waals surface area contributed by atoms with Crippen molar-refractivity contribution in [2.24, 2.45) is 0 Å². The third-order valence-corrected chi connectivity index (χ3v) is 1.38. The van der Waals surface area contributed by atoms with Gasteiger partial charge in [0.2, 0.25) is 0 Å². The van der Waals surface area contributed by atoms with E-state index in [4.69, 9.17) is 19.7 Å². The van der Waals surface area contributed by atoms with Crippen LogP contribution in [0.3, 0.4) is 0 Å². The van der Waals surface area contributed by atoms with Crippen molar-refractivity contribution in [2.45, 2.75) is 6.92 Å². The largest absolute Gasteiger partial charge is 1.00 e. The predicted molar refractivity (Wildman–Crippen MR) is 50.1 cm³/mol. The van der Waals surface area contributed by atoms with Crippen molar-refractivity contribution in [1.29, 1.82) is 0 Å². The molecular weight excluding hydrogens is 223 g/mol. The van der Waals surface area contributed by atoms with Crippen LogP contribution >= 0.6 is 0 Å². The summed E-state index contributed by atoms with van der Waals surface area (Å²) < 4.78 is 4.75. The van der Waals surface area contributed by atoms with Crippen LogP contribution in [0.4, 0.5) is 0 Å². The number of esters is 1. The van der Waals surface area contributed by atoms with Gasteiger partial charge >= 0.3 is 35.5 Å². The van der Waals surface area contributed by atoms with E-state index in [9.17, 15) is 4.79 Å². The van der Waals surface area contributed by atoms with E-state index in [-0.39, 0.29) is 41.3 Å². The molecule has 1 aromatic carbocycles. The Morgan fingerprint density at radius 2 is 1.88 bits per heavy atom. The fourth-order valence-electron chi connectivity index (χ4n) is 0.812. The SMILES string of the molecule is CCOC(=O)c1ccc(O)cc1.O=C[O-].[Na+]. The molecule has 0 bridgehead atoms. The molecule has 1 rings (SSSR count). The Hall–Kier alpha value is -1.04. The van der Waals surface area contributed by atoms with Crippen molar-refractivity contribution in [3.8, 4) is 5.75 Å². The Balaban J connectivity index is 0. The maximum atomic E-state index is 11.1. The average Bonchev–Trinajstić information content (AvgIpc) is 2.20. The van der Waals surface area contributed by atoms with Crippen molar-refractivity contribution >= 4 is 12.4 Å². The van der Waals surface area contributed by atoms with Crippen LogP contribution in [0.5, 0.6) is 5.75 Å². The van der Waals surface area contributed by atoms with E-state index < -0.39 is 6.47 Å². The smallest absolute Gasteiger partial charge is 0.554 e. The summed E-state index contributed by atoms with van der Waals surface area (Å²) in [5, 5.41) is 17.2. The fourth-order valence-corrected chi connectivity index (χ4v) is 0.812. The molecule has 0 radical (unpaired) electrons. The van der Waals surface area contributed by atoms with Crippen LogP contribution in [-0.4, -0.2) is 24.2 Å². The number of benzene rings is 1. The molecule has 0 unspecified atom stereocenters. The molecule has 5 nitrogen and oxygen atoms in total. The molecule has 0 fully saturated rings. The van der Waals surface area contributed by atoms with Gasteiger partial charge in [-0.3, -0.25) is 0 Å². The van der Waals surface area contributed by atoms with Crippen molar-refractivity contribution in [1.82, 2.24) is 0 Å². The molecule has 1 N–H and O–H groups in total. The van der Waals surface area contributed by atoms with E-state index in [2.05, 4.69) is 0 Å². The molecule has 0 saturated carbocycles. The molecule has 0 aliphatic heterocycles. The third-order valence-electron chi connectivity index (χ3n) is 1.38. The van der Waals surface area contributed by atoms with Gasteiger partial charge < -0.3 is 19.7 Å². The maximum Gasteiger partial charge on any atom is 1.00 e. The second kappa shape index (κ2) is 10.5. The molecule has 1 aromatic rings. The summed E-state index contributed by atoms with van der Waals surface area (Å²) in [6.07, 6.45) is 0. The van der Waals surface area contributed by atoms with Crippen molar-refractivity contribution in [3.05, 3.63) is 29.8 Å². The zero-order valence-corrected chi connectivity index (χ0v) is 11.2. The van der Waals surface area contributed by atoms with Gasteiger partial charge in [-0.15, -0.1) is 0 Å². The minimum Gasteiger partial charge on any atom is -0.554 e. The second-order valence-electron chi connectivity index (χ2n) is 2.36. The first kappa shape index (κ1) is 17.4. The molecule has 0 amide bonds. The summed E-state index contributed by atoms with van der Waals surface area (Å²) in [6.45, 7) is 1.61. The van der Waals surface area contributed by atoms with Crippen LogP contribution in [0, 0.1) is 0 Å². The Bertz CT molecular complexity index is 309. The summed E-state index contributed by atoms with van der Waals surface area (Å²) in [4.78, 5) is 19.3. The molecule has 0 aromatic heterocycles. The Morgan fingerprint density at radius 1 is 1.44 bits per heavy atom. The van der Waals surface area contributed by atoms with Gasteiger partial charge in [-0.05, 0) is 31.2 Å². The van der Waals surface area contributed by atoms with E-state index in [0.29, 0.717) is 12.2 Å². The topological polar surface area (TPSA) is 86.7 Å². The number of carbonyl (C=O) groups excluding carboxylic acids is 2. The number of phenols is 1. The first-order chi connectivity index (χ1) is 7.15. The van der Waals surface area contributed by atoms with Crippen LogP contribution in [0.15, 0.2) is 24.3 Å². The number of carboxylic acid groups (broad SMARTS) is 1. The first-order valence-corrected chi connectivity index (χ1v) is 4.17. The van der Waals surface area contributed by atoms with Gasteiger partial charge in [-0.25, -0.2) is 4.79 Å². The minimum atomic E-state index is -0.500. The van der Waals surface area contributed by atoms with Crippen LogP contribution in [0.1, 0.15) is 17.3 Å². The normalized spacial score (nSPS) is 7.81. The van der Waals surface area contributed by atoms with E-state index in [1.165, 1.54) is 24.3 Å². The minimum absolute atomic E-state index is 0. The molecule has 0 atom stereocenters. The van der Waals surface area contributed by atoms with E-state index in [1.807, 2.05) is 0 Å². The van der Waals surface area contributed by atoms with Crippen LogP contribution in [0.25, 0.3) is 0 Å². The van der Waals surface area contributed by atoms with Crippen molar-refractivity contribution in [2.75, 3.05) is 6.61 Å². The summed E-state index contributed by atoms with van der Waals surface area (Å²) in [7, 11) is 0. The molecule has 0 saturated heterocycles. The zero-order chi connectivity index (χ0) is 11.7. The third kappa shape index (κ3) is 7.28. The summed E-state index contributed by atoms with van der Waals surface area (Å²) in [6, 6.07) is 5.94. The van der Waals surface area contributed by atoms with Gasteiger partial charge in [-0.1, -0.05) is 0 Å². The zero-order valence-electron chi connectivity index (χ0n) is 9.17. The van der Waals surface area contributed by atoms with Crippen LogP contribution in [0.2, 0.25) is 0 Å². The van der Waals surface area contributed by atoms with Crippen LogP contribution in [-0.2, 0) is 9.53 Å². The number of hydrogen-bond donors (Lipinski definition) is 1. The van der Waals surface area contributed by atoms with Gasteiger partial charge in [-0.2, -0.15) is 0 Å². The molecule has 82 valence electrons. The molecule has 0 spiro atoms. The molecule has 0 aliphatic carbocycles. The van der Waals surface area contributed by atoms with Gasteiger partial charge in [0, 0.05) is 6.47 Å². The molecule has 16 heavy (non-hydrogen) atoms. The average molecular weight is 234 g/mol. The molecule has 0 heterocycles. The Labute approximate surface area is 115 Å². The Morgan fingerprint density at radius 3 is 2.25 bits per heavy atom. The number of phenolic OH excluding ortho intramolecular Hbond substituents is 1. The van der Waals surface area contributed by atoms with Gasteiger partial charge in [0.25, 0.3) is 0 Å². The van der Waals surface area contributed by atoms with Crippen molar-refractivity contribution < 1.29 is 54.1 Å². The number of carbonyl (C=O) groups is 2. The standard InChI is InChI=1S/C9H10O3.CH2O2.Na/c1-2-12-9(11)7-3-5-8(10)6-4-7;2-1-3;/h3-6,10H,2H2,1H3;1H,(H,2,3);/q;;+1/p-1. The van der Waals surface area contributed by atoms with E-state index in [1.54, 1.807) is 6.92 Å². The van der Waals surface area contributed by atoms with Gasteiger partial charge in [0.1, 0.15) is 5.75 Å². The van der Waals surface area contributed by atoms with Gasteiger partial charge in [0.15, 0.2) is 0 Å². The quantitative estimate of drug-likeness (QED) is 0.333. The second-order valence-corrected chi connectivity index (χ2v) is 2.36. The van der Waals surface area contributed by atoms with Gasteiger partial charge in [0.05, 0.1) is 12.2 Å². The first-order valence-electron chi connectivity index (χ1n) is 4.17. The number of aromatic hydroxyl groups is 1. The monoisotopic (exact) mass is 234 g/mol. The number of hydrogen-bond acceptors (Lipinski definition) is 5. The number of rotatable bonds is 2. The maximum absolute atomic E-state index is 11.1. The van der Waals surface area contributed by atoms with E-state index >= 15 is 0 Å². The van der Waals surface area contributed by atoms with E-state index in [0.717, 1.165) is 0 Å². The predicted octanol–water partition coefficient (Wildman–Crippen LogP) is -3.06. The summed E-state index contributed by atoms with van der Waals surface area (Å²) in [5.74, 6) is -0.222. The summed E-state index contributed by atoms with van der Waals surface area (Å²) in [5.41, 5.74) is 0.453. The van der Waals surface area contributed by atoms with Crippen molar-refractivity contribution in [3.63, 3.8) is 0 Å².